The molecule has 0 aliphatic rings. The summed E-state index contributed by atoms with van der Waals surface area (Å²) in [5.41, 5.74) is 8.29. The average Bonchev–Trinajstić information content (AvgIpc) is 2.52. The van der Waals surface area contributed by atoms with Gasteiger partial charge in [-0.05, 0) is 16.7 Å². The van der Waals surface area contributed by atoms with E-state index >= 15 is 0 Å². The highest BCUT2D eigenvalue weighted by molar-refractivity contribution is 7.89. The molecule has 0 aliphatic carbocycles. The Morgan fingerprint density at radius 2 is 1.48 bits per heavy atom. The van der Waals surface area contributed by atoms with Gasteiger partial charge in [-0.2, -0.15) is 16.8 Å². The Morgan fingerprint density at radius 1 is 0.880 bits per heavy atom. The summed E-state index contributed by atoms with van der Waals surface area (Å²) in [6.45, 7) is 0. The summed E-state index contributed by atoms with van der Waals surface area (Å²) in [7, 11) is -10.2. The summed E-state index contributed by atoms with van der Waals surface area (Å²) in [5.74, 6) is 0. The molecule has 2 aromatic carbocycles. The highest BCUT2D eigenvalue weighted by atomic mass is 32.2. The van der Waals surface area contributed by atoms with E-state index < -0.39 is 35.7 Å². The molecule has 0 saturated carbocycles. The van der Waals surface area contributed by atoms with Gasteiger partial charge in [-0.3, -0.25) is 9.11 Å². The third-order valence-electron chi connectivity index (χ3n) is 3.05. The van der Waals surface area contributed by atoms with Crippen LogP contribution >= 0.6 is 0 Å². The maximum absolute atomic E-state index is 11.7. The summed E-state index contributed by atoms with van der Waals surface area (Å²) in [5, 5.41) is 3.05. The molecule has 2 rings (SSSR count). The first-order valence-electron chi connectivity index (χ1n) is 6.55. The van der Waals surface area contributed by atoms with Gasteiger partial charge in [0.1, 0.15) is 9.79 Å². The van der Waals surface area contributed by atoms with Crippen molar-refractivity contribution >= 4 is 38.1 Å². The summed E-state index contributed by atoms with van der Waals surface area (Å²) < 4.78 is 65.4. The van der Waals surface area contributed by atoms with E-state index in [0.29, 0.717) is 5.56 Å². The van der Waals surface area contributed by atoms with Crippen molar-refractivity contribution in [2.75, 3.05) is 0 Å². The van der Waals surface area contributed by atoms with Crippen LogP contribution in [0, 0.1) is 0 Å². The van der Waals surface area contributed by atoms with Crippen LogP contribution in [0.15, 0.2) is 57.4 Å². The van der Waals surface area contributed by atoms with Crippen LogP contribution in [0.3, 0.4) is 0 Å². The lowest BCUT2D eigenvalue weighted by atomic mass is 10.1. The molecule has 0 aromatic heterocycles. The van der Waals surface area contributed by atoms with Crippen LogP contribution in [0.4, 0.5) is 5.69 Å². The minimum atomic E-state index is -5.11. The highest BCUT2D eigenvalue weighted by Gasteiger charge is 2.29. The third-order valence-corrected chi connectivity index (χ3v) is 5.06. The number of hydrogen-bond acceptors (Lipinski definition) is 5. The van der Waals surface area contributed by atoms with Crippen molar-refractivity contribution in [2.45, 2.75) is 9.79 Å². The molecule has 0 unspecified atom stereocenters. The Balaban J connectivity index is 2.82. The molecule has 130 valence electrons. The maximum Gasteiger partial charge on any atom is 0.296 e. The lowest BCUT2D eigenvalue weighted by Crippen LogP contribution is -2.10. The first-order valence-corrected chi connectivity index (χ1v) is 9.43. The van der Waals surface area contributed by atoms with Gasteiger partial charge in [0.25, 0.3) is 20.2 Å². The quantitative estimate of drug-likeness (QED) is 0.266. The standard InChI is InChI=1S/C14H11N3O6S2/c15-17-16-12-9-8-11(7-6-10-4-2-1-3-5-10)13(24(18,19)20)14(12)25(21,22)23/h1-9H,(H,18,19,20)(H,21,22,23). The van der Waals surface area contributed by atoms with Crippen LogP contribution in [0.2, 0.25) is 0 Å². The molecule has 0 radical (unpaired) electrons. The molecular formula is C14H11N3O6S2. The molecule has 0 spiro atoms. The number of benzene rings is 2. The van der Waals surface area contributed by atoms with E-state index in [0.717, 1.165) is 12.1 Å². The number of hydrogen-bond donors (Lipinski definition) is 2. The van der Waals surface area contributed by atoms with Crippen LogP contribution < -0.4 is 0 Å². The van der Waals surface area contributed by atoms with Crippen molar-refractivity contribution in [3.05, 3.63) is 64.0 Å². The van der Waals surface area contributed by atoms with Gasteiger partial charge in [0.2, 0.25) is 0 Å². The molecule has 0 fully saturated rings. The maximum atomic E-state index is 11.7. The topological polar surface area (TPSA) is 158 Å². The zero-order valence-corrected chi connectivity index (χ0v) is 14.0. The molecule has 0 heterocycles. The predicted molar refractivity (Wildman–Crippen MR) is 90.2 cm³/mol. The second kappa shape index (κ2) is 7.05. The van der Waals surface area contributed by atoms with Crippen molar-refractivity contribution in [1.82, 2.24) is 0 Å². The average molecular weight is 381 g/mol. The fourth-order valence-electron chi connectivity index (χ4n) is 2.09. The minimum Gasteiger partial charge on any atom is -0.282 e. The van der Waals surface area contributed by atoms with E-state index in [4.69, 9.17) is 5.53 Å². The molecule has 0 bridgehead atoms. The molecule has 2 N–H and O–H groups in total. The van der Waals surface area contributed by atoms with Crippen LogP contribution in [0.1, 0.15) is 11.1 Å². The third kappa shape index (κ3) is 4.44. The summed E-state index contributed by atoms with van der Waals surface area (Å²) >= 11 is 0. The van der Waals surface area contributed by atoms with E-state index in [1.165, 1.54) is 12.2 Å². The molecule has 9 nitrogen and oxygen atoms in total. The van der Waals surface area contributed by atoms with Gasteiger partial charge in [-0.1, -0.05) is 59.7 Å². The van der Waals surface area contributed by atoms with Gasteiger partial charge >= 0.3 is 0 Å². The van der Waals surface area contributed by atoms with Crippen molar-refractivity contribution in [3.8, 4) is 0 Å². The van der Waals surface area contributed by atoms with Crippen molar-refractivity contribution < 1.29 is 25.9 Å². The number of nitrogens with zero attached hydrogens (tertiary/aromatic N) is 3. The van der Waals surface area contributed by atoms with Crippen molar-refractivity contribution in [3.63, 3.8) is 0 Å². The van der Waals surface area contributed by atoms with Gasteiger partial charge in [0.05, 0.1) is 5.69 Å². The van der Waals surface area contributed by atoms with Crippen LogP contribution in [0.25, 0.3) is 22.6 Å². The van der Waals surface area contributed by atoms with Crippen molar-refractivity contribution in [2.24, 2.45) is 5.11 Å². The zero-order chi connectivity index (χ0) is 18.7. The van der Waals surface area contributed by atoms with Gasteiger partial charge < -0.3 is 0 Å². The van der Waals surface area contributed by atoms with E-state index in [-0.39, 0.29) is 5.56 Å². The Hall–Kier alpha value is -2.69. The van der Waals surface area contributed by atoms with Gasteiger partial charge in [0.15, 0.2) is 0 Å². The van der Waals surface area contributed by atoms with E-state index in [9.17, 15) is 25.9 Å². The first-order chi connectivity index (χ1) is 11.6. The lowest BCUT2D eigenvalue weighted by Gasteiger charge is -2.10. The fraction of sp³-hybridized carbons (Fsp3) is 0. The summed E-state index contributed by atoms with van der Waals surface area (Å²) in [6.07, 6.45) is 2.72. The van der Waals surface area contributed by atoms with Gasteiger partial charge in [-0.15, -0.1) is 0 Å². The van der Waals surface area contributed by atoms with Gasteiger partial charge in [-0.25, -0.2) is 0 Å². The van der Waals surface area contributed by atoms with E-state index in [2.05, 4.69) is 10.0 Å². The summed E-state index contributed by atoms with van der Waals surface area (Å²) in [6, 6.07) is 10.8. The first kappa shape index (κ1) is 18.6. The summed E-state index contributed by atoms with van der Waals surface area (Å²) in [4.78, 5) is 0.113. The largest absolute Gasteiger partial charge is 0.296 e. The fourth-order valence-corrected chi connectivity index (χ4v) is 4.22. The second-order valence-electron chi connectivity index (χ2n) is 4.72. The molecule has 0 aliphatic heterocycles. The smallest absolute Gasteiger partial charge is 0.282 e. The molecule has 0 atom stereocenters. The Bertz CT molecular complexity index is 1090. The van der Waals surface area contributed by atoms with E-state index in [1.807, 2.05) is 0 Å². The molecule has 0 amide bonds. The predicted octanol–water partition coefficient (Wildman–Crippen LogP) is 3.29. The number of rotatable bonds is 5. The zero-order valence-electron chi connectivity index (χ0n) is 12.4. The van der Waals surface area contributed by atoms with Gasteiger partial charge in [0, 0.05) is 4.91 Å². The Morgan fingerprint density at radius 3 is 2.00 bits per heavy atom. The molecule has 25 heavy (non-hydrogen) atoms. The molecule has 0 saturated heterocycles. The Labute approximate surface area is 143 Å². The molecule has 11 heteroatoms. The minimum absolute atomic E-state index is 0.212. The molecule has 2 aromatic rings. The Kier molecular flexibility index (Phi) is 5.26. The van der Waals surface area contributed by atoms with Crippen LogP contribution in [-0.2, 0) is 20.2 Å². The lowest BCUT2D eigenvalue weighted by molar-refractivity contribution is 0.466. The van der Waals surface area contributed by atoms with Crippen LogP contribution in [0.5, 0.6) is 0 Å². The van der Waals surface area contributed by atoms with Crippen LogP contribution in [-0.4, -0.2) is 25.9 Å². The molecular weight excluding hydrogens is 370 g/mol. The highest BCUT2D eigenvalue weighted by Crippen LogP contribution is 2.34. The number of azide groups is 1. The normalized spacial score (nSPS) is 12.1. The van der Waals surface area contributed by atoms with E-state index in [1.54, 1.807) is 30.3 Å². The SMILES string of the molecule is [N-]=[N+]=Nc1ccc(C=Cc2ccccc2)c(S(=O)(=O)O)c1S(=O)(=O)O. The van der Waals surface area contributed by atoms with Crippen molar-refractivity contribution in [1.29, 1.82) is 0 Å². The monoisotopic (exact) mass is 381 g/mol. The second-order valence-corrected chi connectivity index (χ2v) is 7.43.